The number of β-amino-alcohol motifs (C(OH)–C–C–N with tert-alkyl or cyclic N) is 1. The zero-order chi connectivity index (χ0) is 10.8. The SMILES string of the molecule is CCc1ccccc1N1CC(O)CC1=O. The van der Waals surface area contributed by atoms with E-state index in [4.69, 9.17) is 0 Å². The topological polar surface area (TPSA) is 40.5 Å². The number of aliphatic hydroxyl groups is 1. The number of hydrogen-bond donors (Lipinski definition) is 1. The van der Waals surface area contributed by atoms with Crippen molar-refractivity contribution in [3.63, 3.8) is 0 Å². The van der Waals surface area contributed by atoms with Crippen LogP contribution in [0.1, 0.15) is 18.9 Å². The summed E-state index contributed by atoms with van der Waals surface area (Å²) in [4.78, 5) is 13.3. The van der Waals surface area contributed by atoms with Crippen LogP contribution in [0.15, 0.2) is 24.3 Å². The Morgan fingerprint density at radius 1 is 1.47 bits per heavy atom. The van der Waals surface area contributed by atoms with Gasteiger partial charge in [0.15, 0.2) is 0 Å². The van der Waals surface area contributed by atoms with Gasteiger partial charge in [0.2, 0.25) is 5.91 Å². The molecule has 0 radical (unpaired) electrons. The highest BCUT2D eigenvalue weighted by Gasteiger charge is 2.29. The van der Waals surface area contributed by atoms with Gasteiger partial charge in [-0.05, 0) is 18.1 Å². The lowest BCUT2D eigenvalue weighted by Crippen LogP contribution is -2.26. The average Bonchev–Trinajstić information content (AvgIpc) is 2.57. The second-order valence-electron chi connectivity index (χ2n) is 3.84. The van der Waals surface area contributed by atoms with Gasteiger partial charge < -0.3 is 10.0 Å². The van der Waals surface area contributed by atoms with E-state index in [0.717, 1.165) is 17.7 Å². The van der Waals surface area contributed by atoms with Gasteiger partial charge in [0.25, 0.3) is 0 Å². The summed E-state index contributed by atoms with van der Waals surface area (Å²) in [5, 5.41) is 9.43. The van der Waals surface area contributed by atoms with Gasteiger partial charge in [0.05, 0.1) is 19.1 Å². The van der Waals surface area contributed by atoms with Crippen LogP contribution in [0.25, 0.3) is 0 Å². The molecule has 1 heterocycles. The number of aliphatic hydroxyl groups excluding tert-OH is 1. The summed E-state index contributed by atoms with van der Waals surface area (Å²) in [6.07, 6.45) is 0.635. The van der Waals surface area contributed by atoms with Crippen LogP contribution < -0.4 is 4.90 Å². The molecule has 1 aromatic carbocycles. The molecule has 0 aliphatic carbocycles. The molecule has 1 saturated heterocycles. The monoisotopic (exact) mass is 205 g/mol. The molecule has 1 N–H and O–H groups in total. The highest BCUT2D eigenvalue weighted by molar-refractivity contribution is 5.96. The Morgan fingerprint density at radius 2 is 2.20 bits per heavy atom. The first kappa shape index (κ1) is 10.2. The van der Waals surface area contributed by atoms with Crippen LogP contribution in [0.4, 0.5) is 5.69 Å². The van der Waals surface area contributed by atoms with Crippen molar-refractivity contribution in [3.8, 4) is 0 Å². The Labute approximate surface area is 89.3 Å². The molecule has 1 aromatic rings. The van der Waals surface area contributed by atoms with Gasteiger partial charge in [-0.1, -0.05) is 25.1 Å². The first-order valence-electron chi connectivity index (χ1n) is 5.28. The highest BCUT2D eigenvalue weighted by atomic mass is 16.3. The molecule has 0 aromatic heterocycles. The quantitative estimate of drug-likeness (QED) is 0.791. The van der Waals surface area contributed by atoms with E-state index >= 15 is 0 Å². The molecular weight excluding hydrogens is 190 g/mol. The zero-order valence-electron chi connectivity index (χ0n) is 8.81. The molecule has 80 valence electrons. The molecule has 0 bridgehead atoms. The fourth-order valence-corrected chi connectivity index (χ4v) is 1.99. The fourth-order valence-electron chi connectivity index (χ4n) is 1.99. The highest BCUT2D eigenvalue weighted by Crippen LogP contribution is 2.25. The van der Waals surface area contributed by atoms with Crippen molar-refractivity contribution in [2.24, 2.45) is 0 Å². The lowest BCUT2D eigenvalue weighted by atomic mass is 10.1. The van der Waals surface area contributed by atoms with Crippen molar-refractivity contribution in [2.75, 3.05) is 11.4 Å². The smallest absolute Gasteiger partial charge is 0.229 e. The van der Waals surface area contributed by atoms with Gasteiger partial charge in [0, 0.05) is 5.69 Å². The Kier molecular flexibility index (Phi) is 2.73. The van der Waals surface area contributed by atoms with Crippen LogP contribution in [-0.4, -0.2) is 23.7 Å². The predicted octanol–water partition coefficient (Wildman–Crippen LogP) is 1.35. The second-order valence-corrected chi connectivity index (χ2v) is 3.84. The van der Waals surface area contributed by atoms with Crippen LogP contribution in [-0.2, 0) is 11.2 Å². The minimum absolute atomic E-state index is 0.0170. The lowest BCUT2D eigenvalue weighted by molar-refractivity contribution is -0.117. The van der Waals surface area contributed by atoms with Gasteiger partial charge in [-0.2, -0.15) is 0 Å². The third kappa shape index (κ3) is 1.88. The number of carbonyl (C=O) groups is 1. The van der Waals surface area contributed by atoms with Gasteiger partial charge in [-0.15, -0.1) is 0 Å². The molecule has 0 spiro atoms. The van der Waals surface area contributed by atoms with E-state index in [1.165, 1.54) is 0 Å². The molecule has 1 unspecified atom stereocenters. The fraction of sp³-hybridized carbons (Fsp3) is 0.417. The molecule has 1 fully saturated rings. The summed E-state index contributed by atoms with van der Waals surface area (Å²) in [5.41, 5.74) is 2.10. The summed E-state index contributed by atoms with van der Waals surface area (Å²) < 4.78 is 0. The summed E-state index contributed by atoms with van der Waals surface area (Å²) in [6, 6.07) is 7.86. The number of benzene rings is 1. The van der Waals surface area contributed by atoms with Crippen molar-refractivity contribution in [1.82, 2.24) is 0 Å². The van der Waals surface area contributed by atoms with Gasteiger partial charge in [-0.3, -0.25) is 4.79 Å². The summed E-state index contributed by atoms with van der Waals surface area (Å²) in [5.74, 6) is 0.0170. The van der Waals surface area contributed by atoms with Crippen LogP contribution in [0.5, 0.6) is 0 Å². The normalized spacial score (nSPS) is 21.1. The summed E-state index contributed by atoms with van der Waals surface area (Å²) in [6.45, 7) is 2.49. The van der Waals surface area contributed by atoms with Gasteiger partial charge in [0.1, 0.15) is 0 Å². The van der Waals surface area contributed by atoms with Gasteiger partial charge >= 0.3 is 0 Å². The molecule has 1 aliphatic heterocycles. The number of para-hydroxylation sites is 1. The lowest BCUT2D eigenvalue weighted by Gasteiger charge is -2.19. The molecule has 3 heteroatoms. The van der Waals surface area contributed by atoms with Crippen molar-refractivity contribution in [2.45, 2.75) is 25.9 Å². The maximum absolute atomic E-state index is 11.6. The van der Waals surface area contributed by atoms with E-state index in [-0.39, 0.29) is 12.3 Å². The molecule has 0 saturated carbocycles. The summed E-state index contributed by atoms with van der Waals surface area (Å²) >= 11 is 0. The molecule has 1 aliphatic rings. The number of anilines is 1. The van der Waals surface area contributed by atoms with E-state index in [9.17, 15) is 9.90 Å². The minimum atomic E-state index is -0.512. The van der Waals surface area contributed by atoms with E-state index in [2.05, 4.69) is 6.92 Å². The van der Waals surface area contributed by atoms with Crippen LogP contribution >= 0.6 is 0 Å². The minimum Gasteiger partial charge on any atom is -0.391 e. The third-order valence-corrected chi connectivity index (χ3v) is 2.77. The molecule has 15 heavy (non-hydrogen) atoms. The van der Waals surface area contributed by atoms with E-state index < -0.39 is 6.10 Å². The number of carbonyl (C=O) groups excluding carboxylic acids is 1. The molecule has 1 atom stereocenters. The standard InChI is InChI=1S/C12H15NO2/c1-2-9-5-3-4-6-11(9)13-8-10(14)7-12(13)15/h3-6,10,14H,2,7-8H2,1H3. The number of nitrogens with zero attached hydrogens (tertiary/aromatic N) is 1. The van der Waals surface area contributed by atoms with Crippen molar-refractivity contribution in [3.05, 3.63) is 29.8 Å². The van der Waals surface area contributed by atoms with Crippen molar-refractivity contribution in [1.29, 1.82) is 0 Å². The van der Waals surface area contributed by atoms with Crippen molar-refractivity contribution >= 4 is 11.6 Å². The Morgan fingerprint density at radius 3 is 2.80 bits per heavy atom. The molecular formula is C12H15NO2. The van der Waals surface area contributed by atoms with E-state index in [0.29, 0.717) is 6.54 Å². The van der Waals surface area contributed by atoms with E-state index in [1.54, 1.807) is 4.90 Å². The maximum Gasteiger partial charge on any atom is 0.229 e. The number of hydrogen-bond acceptors (Lipinski definition) is 2. The maximum atomic E-state index is 11.6. The summed E-state index contributed by atoms with van der Waals surface area (Å²) in [7, 11) is 0. The molecule has 3 nitrogen and oxygen atoms in total. The first-order chi connectivity index (χ1) is 7.22. The number of aryl methyl sites for hydroxylation is 1. The third-order valence-electron chi connectivity index (χ3n) is 2.77. The Bertz CT molecular complexity index is 376. The van der Waals surface area contributed by atoms with Crippen molar-refractivity contribution < 1.29 is 9.90 Å². The Hall–Kier alpha value is -1.35. The first-order valence-corrected chi connectivity index (χ1v) is 5.28. The number of amides is 1. The Balaban J connectivity index is 2.33. The van der Waals surface area contributed by atoms with Crippen LogP contribution in [0.3, 0.4) is 0 Å². The second kappa shape index (κ2) is 4.03. The van der Waals surface area contributed by atoms with E-state index in [1.807, 2.05) is 24.3 Å². The largest absolute Gasteiger partial charge is 0.391 e. The molecule has 1 amide bonds. The predicted molar refractivity (Wildman–Crippen MR) is 58.8 cm³/mol. The van der Waals surface area contributed by atoms with Gasteiger partial charge in [-0.25, -0.2) is 0 Å². The zero-order valence-corrected chi connectivity index (χ0v) is 8.81. The molecule has 2 rings (SSSR count). The van der Waals surface area contributed by atoms with Crippen LogP contribution in [0.2, 0.25) is 0 Å². The number of rotatable bonds is 2. The average molecular weight is 205 g/mol. The van der Waals surface area contributed by atoms with Crippen LogP contribution in [0, 0.1) is 0 Å².